The summed E-state index contributed by atoms with van der Waals surface area (Å²) in [6.07, 6.45) is 7.57. The van der Waals surface area contributed by atoms with Crippen molar-refractivity contribution in [2.75, 3.05) is 26.2 Å². The topological polar surface area (TPSA) is 74.0 Å². The molecule has 1 aliphatic heterocycles. The molecule has 3 heterocycles. The first-order chi connectivity index (χ1) is 12.5. The smallest absolute Gasteiger partial charge is 0.259 e. The van der Waals surface area contributed by atoms with Crippen molar-refractivity contribution in [1.29, 1.82) is 0 Å². The van der Waals surface area contributed by atoms with Gasteiger partial charge in [-0.05, 0) is 32.4 Å². The van der Waals surface area contributed by atoms with Gasteiger partial charge < -0.3 is 10.0 Å². The number of β-amino-alcohol motifs (C(OH)–C–C–N with tert-alkyl or cyclic N) is 1. The highest BCUT2D eigenvalue weighted by Gasteiger charge is 2.34. The summed E-state index contributed by atoms with van der Waals surface area (Å²) >= 11 is 0. The largest absolute Gasteiger partial charge is 0.388 e. The summed E-state index contributed by atoms with van der Waals surface area (Å²) in [4.78, 5) is 21.5. The lowest BCUT2D eigenvalue weighted by atomic mass is 9.90. The van der Waals surface area contributed by atoms with E-state index in [-0.39, 0.29) is 5.91 Å². The predicted molar refractivity (Wildman–Crippen MR) is 100.0 cm³/mol. The van der Waals surface area contributed by atoms with Crippen LogP contribution in [-0.4, -0.2) is 67.2 Å². The molecule has 0 aromatic carbocycles. The van der Waals surface area contributed by atoms with E-state index in [1.807, 2.05) is 19.3 Å². The molecule has 3 rings (SSSR count). The Labute approximate surface area is 154 Å². The van der Waals surface area contributed by atoms with E-state index < -0.39 is 5.60 Å². The molecule has 142 valence electrons. The summed E-state index contributed by atoms with van der Waals surface area (Å²) in [7, 11) is 0. The maximum Gasteiger partial charge on any atom is 0.259 e. The molecule has 0 radical (unpaired) electrons. The molecule has 0 saturated carbocycles. The summed E-state index contributed by atoms with van der Waals surface area (Å²) in [6.45, 7) is 10.0. The average Bonchev–Trinajstić information content (AvgIpc) is 3.08. The summed E-state index contributed by atoms with van der Waals surface area (Å²) < 4.78 is 1.68. The number of nitrogens with zero attached hydrogens (tertiary/aromatic N) is 5. The molecule has 1 atom stereocenters. The van der Waals surface area contributed by atoms with Gasteiger partial charge in [-0.25, -0.2) is 9.50 Å². The molecule has 1 amide bonds. The molecule has 2 aromatic heterocycles. The fourth-order valence-electron chi connectivity index (χ4n) is 3.60. The molecular formula is C19H29N5O2. The van der Waals surface area contributed by atoms with Crippen LogP contribution in [0.15, 0.2) is 18.6 Å². The van der Waals surface area contributed by atoms with E-state index in [9.17, 15) is 9.90 Å². The van der Waals surface area contributed by atoms with Crippen molar-refractivity contribution in [3.63, 3.8) is 0 Å². The van der Waals surface area contributed by atoms with E-state index in [0.717, 1.165) is 38.0 Å². The Bertz CT molecular complexity index is 770. The minimum atomic E-state index is -0.777. The van der Waals surface area contributed by atoms with Gasteiger partial charge in [0.15, 0.2) is 5.65 Å². The van der Waals surface area contributed by atoms with Crippen LogP contribution in [-0.2, 0) is 6.54 Å². The van der Waals surface area contributed by atoms with Crippen LogP contribution in [0.2, 0.25) is 0 Å². The van der Waals surface area contributed by atoms with E-state index in [2.05, 4.69) is 28.8 Å². The second kappa shape index (κ2) is 7.72. The molecule has 1 aliphatic rings. The van der Waals surface area contributed by atoms with E-state index in [1.165, 1.54) is 0 Å². The maximum absolute atomic E-state index is 12.9. The first-order valence-corrected chi connectivity index (χ1v) is 9.56. The lowest BCUT2D eigenvalue weighted by molar-refractivity contribution is -0.0269. The van der Waals surface area contributed by atoms with Crippen molar-refractivity contribution in [2.45, 2.75) is 52.2 Å². The fourth-order valence-corrected chi connectivity index (χ4v) is 3.60. The van der Waals surface area contributed by atoms with Crippen LogP contribution < -0.4 is 0 Å². The van der Waals surface area contributed by atoms with Gasteiger partial charge in [-0.15, -0.1) is 0 Å². The highest BCUT2D eigenvalue weighted by Crippen LogP contribution is 2.25. The molecule has 0 unspecified atom stereocenters. The molecule has 7 heteroatoms. The number of hydrogen-bond acceptors (Lipinski definition) is 5. The summed E-state index contributed by atoms with van der Waals surface area (Å²) in [5, 5.41) is 14.9. The number of rotatable bonds is 6. The van der Waals surface area contributed by atoms with Crippen LogP contribution in [0.4, 0.5) is 0 Å². The van der Waals surface area contributed by atoms with E-state index in [1.54, 1.807) is 15.6 Å². The highest BCUT2D eigenvalue weighted by atomic mass is 16.3. The summed E-state index contributed by atoms with van der Waals surface area (Å²) in [5.74, 6) is -0.101. The Morgan fingerprint density at radius 1 is 1.31 bits per heavy atom. The van der Waals surface area contributed by atoms with Gasteiger partial charge in [0, 0.05) is 37.6 Å². The Kier molecular flexibility index (Phi) is 5.58. The number of carbonyl (C=O) groups excluding carboxylic acids is 1. The molecular weight excluding hydrogens is 330 g/mol. The number of likely N-dealkylation sites (tertiary alicyclic amines) is 1. The lowest BCUT2D eigenvalue weighted by Gasteiger charge is -2.38. The van der Waals surface area contributed by atoms with Crippen molar-refractivity contribution in [2.24, 2.45) is 0 Å². The van der Waals surface area contributed by atoms with Gasteiger partial charge in [0.2, 0.25) is 0 Å². The standard InChI is InChI=1S/C19H29N5O2/c1-4-19(26)8-7-9-23(14-19)18(25)16-11-21-24-13-15(10-20-17(16)24)12-22(5-2)6-3/h10-11,13,26H,4-9,12,14H2,1-3H3/t19-/m1/s1. The average molecular weight is 359 g/mol. The fraction of sp³-hybridized carbons (Fsp3) is 0.632. The third-order valence-electron chi connectivity index (χ3n) is 5.44. The number of hydrogen-bond donors (Lipinski definition) is 1. The number of carbonyl (C=O) groups is 1. The Morgan fingerprint density at radius 3 is 2.77 bits per heavy atom. The number of amides is 1. The highest BCUT2D eigenvalue weighted by molar-refractivity contribution is 5.99. The molecule has 0 aliphatic carbocycles. The molecule has 0 spiro atoms. The van der Waals surface area contributed by atoms with Crippen molar-refractivity contribution in [3.8, 4) is 0 Å². The van der Waals surface area contributed by atoms with Crippen LogP contribution in [0.3, 0.4) is 0 Å². The number of piperidine rings is 1. The van der Waals surface area contributed by atoms with Crippen molar-refractivity contribution >= 4 is 11.6 Å². The molecule has 26 heavy (non-hydrogen) atoms. The number of aromatic nitrogens is 3. The molecule has 2 aromatic rings. The lowest BCUT2D eigenvalue weighted by Crippen LogP contribution is -2.50. The van der Waals surface area contributed by atoms with Gasteiger partial charge >= 0.3 is 0 Å². The second-order valence-electron chi connectivity index (χ2n) is 7.16. The van der Waals surface area contributed by atoms with Gasteiger partial charge in [0.05, 0.1) is 11.8 Å². The maximum atomic E-state index is 12.9. The third-order valence-corrected chi connectivity index (χ3v) is 5.44. The van der Waals surface area contributed by atoms with E-state index >= 15 is 0 Å². The molecule has 1 saturated heterocycles. The number of aliphatic hydroxyl groups is 1. The number of fused-ring (bicyclic) bond motifs is 1. The predicted octanol–water partition coefficient (Wildman–Crippen LogP) is 1.95. The summed E-state index contributed by atoms with van der Waals surface area (Å²) in [5.41, 5.74) is 1.37. The molecule has 1 N–H and O–H groups in total. The zero-order chi connectivity index (χ0) is 18.7. The summed E-state index contributed by atoms with van der Waals surface area (Å²) in [6, 6.07) is 0. The minimum Gasteiger partial charge on any atom is -0.388 e. The third kappa shape index (κ3) is 3.73. The first kappa shape index (κ1) is 18.8. The van der Waals surface area contributed by atoms with Crippen molar-refractivity contribution in [3.05, 3.63) is 29.7 Å². The minimum absolute atomic E-state index is 0.101. The Balaban J connectivity index is 1.81. The zero-order valence-corrected chi connectivity index (χ0v) is 16.0. The van der Waals surface area contributed by atoms with Crippen LogP contribution in [0.25, 0.3) is 5.65 Å². The van der Waals surface area contributed by atoms with Crippen LogP contribution >= 0.6 is 0 Å². The zero-order valence-electron chi connectivity index (χ0n) is 16.0. The van der Waals surface area contributed by atoms with Crippen molar-refractivity contribution in [1.82, 2.24) is 24.4 Å². The van der Waals surface area contributed by atoms with Gasteiger partial charge in [-0.3, -0.25) is 9.69 Å². The Morgan fingerprint density at radius 2 is 2.08 bits per heavy atom. The second-order valence-corrected chi connectivity index (χ2v) is 7.16. The monoisotopic (exact) mass is 359 g/mol. The normalized spacial score (nSPS) is 20.9. The SMILES string of the molecule is CCN(CC)Cc1cnc2c(C(=O)N3CCC[C@](O)(CC)C3)cnn2c1. The van der Waals surface area contributed by atoms with Crippen LogP contribution in [0, 0.1) is 0 Å². The van der Waals surface area contributed by atoms with Crippen LogP contribution in [0.1, 0.15) is 56.0 Å². The quantitative estimate of drug-likeness (QED) is 0.853. The van der Waals surface area contributed by atoms with Gasteiger partial charge in [-0.2, -0.15) is 5.10 Å². The van der Waals surface area contributed by atoms with E-state index in [0.29, 0.717) is 30.7 Å². The first-order valence-electron chi connectivity index (χ1n) is 9.56. The molecule has 1 fully saturated rings. The molecule has 0 bridgehead atoms. The molecule has 7 nitrogen and oxygen atoms in total. The van der Waals surface area contributed by atoms with E-state index in [4.69, 9.17) is 0 Å². The van der Waals surface area contributed by atoms with Gasteiger partial charge in [0.25, 0.3) is 5.91 Å². The van der Waals surface area contributed by atoms with Gasteiger partial charge in [-0.1, -0.05) is 20.8 Å². The van der Waals surface area contributed by atoms with Crippen LogP contribution in [0.5, 0.6) is 0 Å². The van der Waals surface area contributed by atoms with Crippen molar-refractivity contribution < 1.29 is 9.90 Å². The Hall–Kier alpha value is -1.99. The van der Waals surface area contributed by atoms with Gasteiger partial charge in [0.1, 0.15) is 5.56 Å².